The van der Waals surface area contributed by atoms with Gasteiger partial charge in [0.05, 0.1) is 12.0 Å². The summed E-state index contributed by atoms with van der Waals surface area (Å²) >= 11 is 0. The molecule has 3 nitrogen and oxygen atoms in total. The lowest BCUT2D eigenvalue weighted by Crippen LogP contribution is -2.46. The average Bonchev–Trinajstić information content (AvgIpc) is 2.26. The molecule has 0 radical (unpaired) electrons. The Morgan fingerprint density at radius 1 is 1.60 bits per heavy atom. The van der Waals surface area contributed by atoms with Crippen LogP contribution in [0.4, 0.5) is 0 Å². The maximum Gasteiger partial charge on any atom is 0.225 e. The lowest BCUT2D eigenvalue weighted by molar-refractivity contribution is -0.126. The molecule has 1 aliphatic carbocycles. The van der Waals surface area contributed by atoms with Crippen molar-refractivity contribution >= 4 is 5.91 Å². The average molecular weight is 208 g/mol. The minimum atomic E-state index is -0.147. The smallest absolute Gasteiger partial charge is 0.225 e. The van der Waals surface area contributed by atoms with E-state index in [0.29, 0.717) is 0 Å². The van der Waals surface area contributed by atoms with Gasteiger partial charge in [0.25, 0.3) is 0 Å². The number of nitrogens with two attached hydrogens (primary N) is 1. The zero-order chi connectivity index (χ0) is 11.3. The molecule has 1 fully saturated rings. The maximum absolute atomic E-state index is 11.9. The van der Waals surface area contributed by atoms with Gasteiger partial charge < -0.3 is 11.1 Å². The Morgan fingerprint density at radius 3 is 2.80 bits per heavy atom. The van der Waals surface area contributed by atoms with Crippen molar-refractivity contribution in [3.63, 3.8) is 0 Å². The van der Waals surface area contributed by atoms with E-state index in [1.165, 1.54) is 0 Å². The van der Waals surface area contributed by atoms with Crippen LogP contribution in [0.2, 0.25) is 0 Å². The molecule has 84 valence electrons. The van der Waals surface area contributed by atoms with Crippen LogP contribution in [0.25, 0.3) is 0 Å². The van der Waals surface area contributed by atoms with E-state index in [4.69, 9.17) is 12.2 Å². The highest BCUT2D eigenvalue weighted by Crippen LogP contribution is 2.23. The molecule has 3 atom stereocenters. The fourth-order valence-electron chi connectivity index (χ4n) is 2.03. The van der Waals surface area contributed by atoms with E-state index >= 15 is 0 Å². The lowest BCUT2D eigenvalue weighted by atomic mass is 9.84. The van der Waals surface area contributed by atoms with Gasteiger partial charge in [-0.15, -0.1) is 6.42 Å². The molecule has 3 unspecified atom stereocenters. The first-order valence-corrected chi connectivity index (χ1v) is 5.71. The predicted molar refractivity (Wildman–Crippen MR) is 61.0 cm³/mol. The molecule has 0 aromatic carbocycles. The Hall–Kier alpha value is -1.01. The summed E-state index contributed by atoms with van der Waals surface area (Å²) in [7, 11) is 0. The number of rotatable bonds is 3. The van der Waals surface area contributed by atoms with Crippen molar-refractivity contribution in [1.29, 1.82) is 0 Å². The number of carbonyl (C=O) groups is 1. The topological polar surface area (TPSA) is 55.1 Å². The second-order valence-corrected chi connectivity index (χ2v) is 4.19. The van der Waals surface area contributed by atoms with Gasteiger partial charge in [-0.05, 0) is 19.3 Å². The molecule has 0 saturated heterocycles. The third kappa shape index (κ3) is 3.24. The van der Waals surface area contributed by atoms with Crippen molar-refractivity contribution < 1.29 is 4.79 Å². The fraction of sp³-hybridized carbons (Fsp3) is 0.750. The van der Waals surface area contributed by atoms with E-state index in [2.05, 4.69) is 11.2 Å². The van der Waals surface area contributed by atoms with Crippen LogP contribution in [-0.4, -0.2) is 18.0 Å². The van der Waals surface area contributed by atoms with E-state index in [-0.39, 0.29) is 23.9 Å². The molecule has 3 heteroatoms. The molecule has 3 N–H and O–H groups in total. The Balaban J connectivity index is 2.48. The van der Waals surface area contributed by atoms with E-state index < -0.39 is 0 Å². The summed E-state index contributed by atoms with van der Waals surface area (Å²) in [4.78, 5) is 11.9. The number of nitrogens with one attached hydrogen (secondary N) is 1. The van der Waals surface area contributed by atoms with Crippen LogP contribution >= 0.6 is 0 Å². The van der Waals surface area contributed by atoms with Gasteiger partial charge in [0.1, 0.15) is 0 Å². The molecule has 0 aromatic heterocycles. The molecular formula is C12H20N2O. The monoisotopic (exact) mass is 208 g/mol. The molecule has 1 aliphatic rings. The van der Waals surface area contributed by atoms with Gasteiger partial charge in [-0.1, -0.05) is 25.7 Å². The highest BCUT2D eigenvalue weighted by molar-refractivity contribution is 5.80. The van der Waals surface area contributed by atoms with Gasteiger partial charge >= 0.3 is 0 Å². The second-order valence-electron chi connectivity index (χ2n) is 4.19. The minimum Gasteiger partial charge on any atom is -0.342 e. The van der Waals surface area contributed by atoms with E-state index in [1.807, 2.05) is 6.92 Å². The summed E-state index contributed by atoms with van der Waals surface area (Å²) in [6.45, 7) is 1.96. The molecule has 1 amide bonds. The number of hydrogen-bond donors (Lipinski definition) is 2. The largest absolute Gasteiger partial charge is 0.342 e. The second kappa shape index (κ2) is 5.77. The molecule has 15 heavy (non-hydrogen) atoms. The third-order valence-electron chi connectivity index (χ3n) is 3.08. The van der Waals surface area contributed by atoms with Gasteiger partial charge in [-0.3, -0.25) is 4.79 Å². The third-order valence-corrected chi connectivity index (χ3v) is 3.08. The fourth-order valence-corrected chi connectivity index (χ4v) is 2.03. The highest BCUT2D eigenvalue weighted by atomic mass is 16.2. The summed E-state index contributed by atoms with van der Waals surface area (Å²) in [5.74, 6) is 2.56. The molecule has 0 bridgehead atoms. The summed E-state index contributed by atoms with van der Waals surface area (Å²) in [6.07, 6.45) is 10.1. The van der Waals surface area contributed by atoms with Crippen molar-refractivity contribution in [2.75, 3.05) is 0 Å². The zero-order valence-electron chi connectivity index (χ0n) is 9.33. The minimum absolute atomic E-state index is 0.00836. The summed E-state index contributed by atoms with van der Waals surface area (Å²) < 4.78 is 0. The van der Waals surface area contributed by atoms with Gasteiger partial charge in [-0.25, -0.2) is 0 Å². The van der Waals surface area contributed by atoms with Crippen LogP contribution in [0.5, 0.6) is 0 Å². The Bertz CT molecular complexity index is 257. The van der Waals surface area contributed by atoms with E-state index in [9.17, 15) is 4.79 Å². The summed E-state index contributed by atoms with van der Waals surface area (Å²) in [5, 5.41) is 2.86. The van der Waals surface area contributed by atoms with Gasteiger partial charge in [0, 0.05) is 6.04 Å². The number of hydrogen-bond acceptors (Lipinski definition) is 2. The summed E-state index contributed by atoms with van der Waals surface area (Å²) in [5.41, 5.74) is 5.93. The first kappa shape index (κ1) is 12.1. The molecule has 0 spiro atoms. The van der Waals surface area contributed by atoms with Crippen molar-refractivity contribution in [2.45, 2.75) is 51.1 Å². The molecular weight excluding hydrogens is 188 g/mol. The standard InChI is InChI=1S/C12H20N2O/c1-3-9(4-2)14-12(15)10-7-5-6-8-11(10)13/h1,9-11H,4-8,13H2,2H3,(H,14,15). The van der Waals surface area contributed by atoms with Crippen LogP contribution in [0.3, 0.4) is 0 Å². The Morgan fingerprint density at radius 2 is 2.27 bits per heavy atom. The molecule has 0 aliphatic heterocycles. The Labute approximate surface area is 91.8 Å². The van der Waals surface area contributed by atoms with Crippen LogP contribution in [0.1, 0.15) is 39.0 Å². The zero-order valence-corrected chi connectivity index (χ0v) is 9.33. The van der Waals surface area contributed by atoms with Crippen LogP contribution < -0.4 is 11.1 Å². The van der Waals surface area contributed by atoms with Gasteiger partial charge in [-0.2, -0.15) is 0 Å². The van der Waals surface area contributed by atoms with Gasteiger partial charge in [0.15, 0.2) is 0 Å². The molecule has 0 heterocycles. The van der Waals surface area contributed by atoms with Crippen LogP contribution in [0, 0.1) is 18.3 Å². The van der Waals surface area contributed by atoms with Crippen LogP contribution in [0.15, 0.2) is 0 Å². The maximum atomic E-state index is 11.9. The quantitative estimate of drug-likeness (QED) is 0.681. The number of amides is 1. The van der Waals surface area contributed by atoms with Crippen molar-refractivity contribution in [1.82, 2.24) is 5.32 Å². The first-order chi connectivity index (χ1) is 7.19. The van der Waals surface area contributed by atoms with E-state index in [0.717, 1.165) is 32.1 Å². The number of terminal acetylenes is 1. The van der Waals surface area contributed by atoms with E-state index in [1.54, 1.807) is 0 Å². The first-order valence-electron chi connectivity index (χ1n) is 5.71. The Kier molecular flexibility index (Phi) is 4.64. The van der Waals surface area contributed by atoms with Gasteiger partial charge in [0.2, 0.25) is 5.91 Å². The van der Waals surface area contributed by atoms with Crippen LogP contribution in [-0.2, 0) is 4.79 Å². The molecule has 1 saturated carbocycles. The summed E-state index contributed by atoms with van der Waals surface area (Å²) in [6, 6.07) is -0.138. The molecule has 1 rings (SSSR count). The SMILES string of the molecule is C#CC(CC)NC(=O)C1CCCCC1N. The molecule has 0 aromatic rings. The number of carbonyl (C=O) groups excluding carboxylic acids is 1. The normalized spacial score (nSPS) is 27.8. The highest BCUT2D eigenvalue weighted by Gasteiger charge is 2.28. The predicted octanol–water partition coefficient (Wildman–Crippen LogP) is 1.03. The van der Waals surface area contributed by atoms with Crippen molar-refractivity contribution in [3.05, 3.63) is 0 Å². The lowest BCUT2D eigenvalue weighted by Gasteiger charge is -2.28. The van der Waals surface area contributed by atoms with Crippen molar-refractivity contribution in [2.24, 2.45) is 11.7 Å². The van der Waals surface area contributed by atoms with Crippen molar-refractivity contribution in [3.8, 4) is 12.3 Å².